The zero-order valence-corrected chi connectivity index (χ0v) is 18.9. The highest BCUT2D eigenvalue weighted by atomic mass is 19.1. The molecule has 2 N–H and O–H groups in total. The summed E-state index contributed by atoms with van der Waals surface area (Å²) in [6.45, 7) is 3.12. The number of nitrogens with zero attached hydrogens (tertiary/aromatic N) is 3. The van der Waals surface area contributed by atoms with E-state index in [1.165, 1.54) is 12.1 Å². The summed E-state index contributed by atoms with van der Waals surface area (Å²) in [4.78, 5) is 26.9. The summed E-state index contributed by atoms with van der Waals surface area (Å²) in [7, 11) is 0. The molecule has 0 spiro atoms. The van der Waals surface area contributed by atoms with Crippen LogP contribution >= 0.6 is 0 Å². The first-order valence-corrected chi connectivity index (χ1v) is 11.4. The minimum atomic E-state index is -0.839. The van der Waals surface area contributed by atoms with E-state index in [0.717, 1.165) is 23.2 Å². The number of pyridine rings is 1. The third-order valence-corrected chi connectivity index (χ3v) is 6.34. The Balaban J connectivity index is 1.37. The molecule has 0 saturated carbocycles. The van der Waals surface area contributed by atoms with Gasteiger partial charge >= 0.3 is 0 Å². The molecule has 1 unspecified atom stereocenters. The number of nitrogens with one attached hydrogen (secondary N) is 1. The van der Waals surface area contributed by atoms with Crippen LogP contribution in [0, 0.1) is 11.2 Å². The fourth-order valence-electron chi connectivity index (χ4n) is 4.46. The predicted octanol–water partition coefficient (Wildman–Crippen LogP) is 3.31. The summed E-state index contributed by atoms with van der Waals surface area (Å²) in [6, 6.07) is 9.84. The lowest BCUT2D eigenvalue weighted by atomic mass is 9.89. The van der Waals surface area contributed by atoms with Gasteiger partial charge in [0.25, 0.3) is 0 Å². The second-order valence-corrected chi connectivity index (χ2v) is 9.15. The number of rotatable bonds is 4. The number of piperidine rings is 1. The van der Waals surface area contributed by atoms with Crippen molar-refractivity contribution in [3.8, 4) is 22.5 Å². The number of H-pyrrole nitrogens is 1. The summed E-state index contributed by atoms with van der Waals surface area (Å²) in [6.07, 6.45) is 3.61. The number of likely N-dealkylation sites (tertiary alicyclic amines) is 1. The Labute approximate surface area is 196 Å². The van der Waals surface area contributed by atoms with Gasteiger partial charge in [0, 0.05) is 36.6 Å². The van der Waals surface area contributed by atoms with Crippen LogP contribution in [0.5, 0.6) is 0 Å². The van der Waals surface area contributed by atoms with E-state index in [-0.39, 0.29) is 24.9 Å². The maximum atomic E-state index is 13.5. The minimum absolute atomic E-state index is 0.0754. The Hall–Kier alpha value is -3.14. The molecule has 178 valence electrons. The van der Waals surface area contributed by atoms with Gasteiger partial charge in [-0.2, -0.15) is 0 Å². The number of hydrogen-bond donors (Lipinski definition) is 2. The molecule has 0 aliphatic carbocycles. The Morgan fingerprint density at radius 1 is 1.15 bits per heavy atom. The fraction of sp³-hybridized carbons (Fsp3) is 0.400. The van der Waals surface area contributed by atoms with Crippen LogP contribution in [-0.4, -0.2) is 63.3 Å². The van der Waals surface area contributed by atoms with Crippen molar-refractivity contribution in [1.29, 1.82) is 0 Å². The monoisotopic (exact) mass is 466 g/mol. The van der Waals surface area contributed by atoms with Gasteiger partial charge in [0.2, 0.25) is 12.2 Å². The molecule has 3 aromatic rings. The van der Waals surface area contributed by atoms with Crippen LogP contribution in [0.1, 0.15) is 31.9 Å². The highest BCUT2D eigenvalue weighted by Crippen LogP contribution is 2.36. The van der Waals surface area contributed by atoms with E-state index < -0.39 is 17.8 Å². The van der Waals surface area contributed by atoms with Crippen LogP contribution in [0.15, 0.2) is 48.8 Å². The largest absolute Gasteiger partial charge is 0.391 e. The van der Waals surface area contributed by atoms with Crippen LogP contribution in [0.25, 0.3) is 22.5 Å². The zero-order chi connectivity index (χ0) is 23.7. The first kappa shape index (κ1) is 22.6. The highest BCUT2D eigenvalue weighted by molar-refractivity contribution is 5.83. The summed E-state index contributed by atoms with van der Waals surface area (Å²) in [5.41, 5.74) is 2.15. The van der Waals surface area contributed by atoms with Crippen molar-refractivity contribution in [1.82, 2.24) is 19.9 Å². The SMILES string of the molecule is CC1(C(=O)N2CCCC(O)C2)COC(c2nc(-c3ccc(F)cc3)c(-c3ccncc3)[nH]2)OC1. The van der Waals surface area contributed by atoms with Crippen LogP contribution in [0.3, 0.4) is 0 Å². The Kier molecular flexibility index (Phi) is 6.16. The molecule has 2 saturated heterocycles. The number of amides is 1. The average Bonchev–Trinajstić information content (AvgIpc) is 3.30. The van der Waals surface area contributed by atoms with E-state index in [0.29, 0.717) is 31.0 Å². The second kappa shape index (κ2) is 9.25. The quantitative estimate of drug-likeness (QED) is 0.612. The molecule has 1 amide bonds. The van der Waals surface area contributed by atoms with Crippen molar-refractivity contribution in [3.63, 3.8) is 0 Å². The molecule has 9 heteroatoms. The summed E-state index contributed by atoms with van der Waals surface area (Å²) in [5, 5.41) is 9.94. The maximum absolute atomic E-state index is 13.5. The maximum Gasteiger partial charge on any atom is 0.233 e. The fourth-order valence-corrected chi connectivity index (χ4v) is 4.46. The van der Waals surface area contributed by atoms with Crippen molar-refractivity contribution < 1.29 is 23.8 Å². The topological polar surface area (TPSA) is 101 Å². The normalized spacial score (nSPS) is 25.3. The Bertz CT molecular complexity index is 1140. The lowest BCUT2D eigenvalue weighted by Gasteiger charge is -2.40. The number of hydrogen-bond acceptors (Lipinski definition) is 6. The van der Waals surface area contributed by atoms with Crippen LogP contribution in [0.2, 0.25) is 0 Å². The molecule has 0 bridgehead atoms. The second-order valence-electron chi connectivity index (χ2n) is 9.15. The van der Waals surface area contributed by atoms with Crippen molar-refractivity contribution in [2.45, 2.75) is 32.2 Å². The van der Waals surface area contributed by atoms with E-state index in [4.69, 9.17) is 14.5 Å². The molecular weight excluding hydrogens is 439 g/mol. The summed E-state index contributed by atoms with van der Waals surface area (Å²) < 4.78 is 25.5. The molecule has 2 aliphatic rings. The molecule has 4 heterocycles. The van der Waals surface area contributed by atoms with Gasteiger partial charge in [0.15, 0.2) is 5.82 Å². The lowest BCUT2D eigenvalue weighted by molar-refractivity contribution is -0.234. The molecule has 1 aromatic carbocycles. The van der Waals surface area contributed by atoms with Gasteiger partial charge in [-0.1, -0.05) is 0 Å². The first-order valence-electron chi connectivity index (χ1n) is 11.4. The van der Waals surface area contributed by atoms with Crippen molar-refractivity contribution >= 4 is 5.91 Å². The number of β-amino-alcohol motifs (C(OH)–C–C–N with tert-alkyl or cyclic N) is 1. The van der Waals surface area contributed by atoms with Crippen molar-refractivity contribution in [2.24, 2.45) is 5.41 Å². The number of aromatic amines is 1. The number of ether oxygens (including phenoxy) is 2. The molecule has 8 nitrogen and oxygen atoms in total. The molecule has 34 heavy (non-hydrogen) atoms. The number of aliphatic hydroxyl groups excluding tert-OH is 1. The lowest BCUT2D eigenvalue weighted by Crippen LogP contribution is -2.53. The van der Waals surface area contributed by atoms with Crippen LogP contribution in [-0.2, 0) is 14.3 Å². The predicted molar refractivity (Wildman–Crippen MR) is 122 cm³/mol. The zero-order valence-electron chi connectivity index (χ0n) is 18.9. The highest BCUT2D eigenvalue weighted by Gasteiger charge is 2.43. The van der Waals surface area contributed by atoms with E-state index in [2.05, 4.69) is 9.97 Å². The number of aromatic nitrogens is 3. The van der Waals surface area contributed by atoms with E-state index in [9.17, 15) is 14.3 Å². The van der Waals surface area contributed by atoms with Crippen LogP contribution < -0.4 is 0 Å². The van der Waals surface area contributed by atoms with Gasteiger partial charge in [0.1, 0.15) is 5.82 Å². The number of carbonyl (C=O) groups is 1. The molecule has 0 radical (unpaired) electrons. The molecular formula is C25H27FN4O4. The summed E-state index contributed by atoms with van der Waals surface area (Å²) >= 11 is 0. The standard InChI is InChI=1S/C25H27FN4O4/c1-25(24(32)30-12-2-3-19(31)13-30)14-33-23(34-15-25)22-28-20(16-4-6-18(26)7-5-16)21(29-22)17-8-10-27-11-9-17/h4-11,19,23,31H,2-3,12-15H2,1H3,(H,28,29). The van der Waals surface area contributed by atoms with Gasteiger partial charge < -0.3 is 24.5 Å². The van der Waals surface area contributed by atoms with Gasteiger partial charge in [-0.15, -0.1) is 0 Å². The minimum Gasteiger partial charge on any atom is -0.391 e. The number of carbonyl (C=O) groups excluding carboxylic acids is 1. The average molecular weight is 467 g/mol. The first-order chi connectivity index (χ1) is 16.4. The molecule has 5 rings (SSSR count). The van der Waals surface area contributed by atoms with Gasteiger partial charge in [-0.3, -0.25) is 9.78 Å². The third kappa shape index (κ3) is 4.46. The number of aliphatic hydroxyl groups is 1. The van der Waals surface area contributed by atoms with Crippen molar-refractivity contribution in [2.75, 3.05) is 26.3 Å². The molecule has 2 aliphatic heterocycles. The van der Waals surface area contributed by atoms with Gasteiger partial charge in [0.05, 0.1) is 36.1 Å². The molecule has 2 fully saturated rings. The Morgan fingerprint density at radius 2 is 1.85 bits per heavy atom. The smallest absolute Gasteiger partial charge is 0.233 e. The van der Waals surface area contributed by atoms with Crippen molar-refractivity contribution in [3.05, 3.63) is 60.4 Å². The van der Waals surface area contributed by atoms with E-state index in [1.54, 1.807) is 29.4 Å². The molecule has 2 aromatic heterocycles. The van der Waals surface area contributed by atoms with E-state index >= 15 is 0 Å². The van der Waals surface area contributed by atoms with Gasteiger partial charge in [-0.05, 0) is 56.2 Å². The summed E-state index contributed by atoms with van der Waals surface area (Å²) in [5.74, 6) is 0.0664. The Morgan fingerprint density at radius 3 is 2.53 bits per heavy atom. The number of halogens is 1. The third-order valence-electron chi connectivity index (χ3n) is 6.34. The number of imidazole rings is 1. The van der Waals surface area contributed by atoms with Gasteiger partial charge in [-0.25, -0.2) is 9.37 Å². The van der Waals surface area contributed by atoms with E-state index in [1.807, 2.05) is 19.1 Å². The molecule has 1 atom stereocenters. The van der Waals surface area contributed by atoms with Crippen LogP contribution in [0.4, 0.5) is 4.39 Å². The number of benzene rings is 1.